The molecule has 0 spiro atoms. The fourth-order valence-electron chi connectivity index (χ4n) is 2.36. The third-order valence-corrected chi connectivity index (χ3v) is 3.46. The summed E-state index contributed by atoms with van der Waals surface area (Å²) in [7, 11) is 0. The molecule has 1 atom stereocenters. The highest BCUT2D eigenvalue weighted by Crippen LogP contribution is 2.26. The van der Waals surface area contributed by atoms with Crippen molar-refractivity contribution in [3.8, 4) is 0 Å². The highest BCUT2D eigenvalue weighted by atomic mass is 16.6. The van der Waals surface area contributed by atoms with Gasteiger partial charge in [-0.1, -0.05) is 24.3 Å². The zero-order valence-electron chi connectivity index (χ0n) is 13.6. The monoisotopic (exact) mass is 305 g/mol. The fourth-order valence-corrected chi connectivity index (χ4v) is 2.36. The SMILES string of the molecule is CC(=O)c1ccc([C@H]2COCCN2C(=O)OC(C)(C)C)cc1. The summed E-state index contributed by atoms with van der Waals surface area (Å²) >= 11 is 0. The maximum atomic E-state index is 12.4. The lowest BCUT2D eigenvalue weighted by Gasteiger charge is -2.36. The predicted octanol–water partition coefficient (Wildman–Crippen LogP) is 3.20. The molecular formula is C17H23NO4. The smallest absolute Gasteiger partial charge is 0.410 e. The summed E-state index contributed by atoms with van der Waals surface area (Å²) in [6.45, 7) is 8.51. The van der Waals surface area contributed by atoms with Gasteiger partial charge in [-0.3, -0.25) is 9.69 Å². The largest absolute Gasteiger partial charge is 0.444 e. The topological polar surface area (TPSA) is 55.8 Å². The lowest BCUT2D eigenvalue weighted by atomic mass is 10.0. The van der Waals surface area contributed by atoms with Gasteiger partial charge in [0.2, 0.25) is 0 Å². The number of nitrogens with zero attached hydrogens (tertiary/aromatic N) is 1. The molecule has 0 bridgehead atoms. The molecule has 1 aliphatic rings. The molecule has 0 aromatic heterocycles. The highest BCUT2D eigenvalue weighted by molar-refractivity contribution is 5.94. The third-order valence-electron chi connectivity index (χ3n) is 3.46. The van der Waals surface area contributed by atoms with Crippen molar-refractivity contribution < 1.29 is 19.1 Å². The molecule has 120 valence electrons. The van der Waals surface area contributed by atoms with Gasteiger partial charge >= 0.3 is 6.09 Å². The Balaban J connectivity index is 2.19. The number of amides is 1. The van der Waals surface area contributed by atoms with E-state index in [1.807, 2.05) is 32.9 Å². The average molecular weight is 305 g/mol. The Morgan fingerprint density at radius 3 is 2.41 bits per heavy atom. The number of ketones is 1. The number of Topliss-reactive ketones (excluding diaryl/α,β-unsaturated/α-hetero) is 1. The van der Waals surface area contributed by atoms with Crippen LogP contribution in [0.5, 0.6) is 0 Å². The number of carbonyl (C=O) groups excluding carboxylic acids is 2. The predicted molar refractivity (Wildman–Crippen MR) is 82.9 cm³/mol. The summed E-state index contributed by atoms with van der Waals surface area (Å²) in [5.74, 6) is 0.0236. The lowest BCUT2D eigenvalue weighted by Crippen LogP contribution is -2.45. The van der Waals surface area contributed by atoms with Crippen molar-refractivity contribution in [2.75, 3.05) is 19.8 Å². The van der Waals surface area contributed by atoms with E-state index in [0.29, 0.717) is 25.3 Å². The van der Waals surface area contributed by atoms with Gasteiger partial charge in [0.05, 0.1) is 19.3 Å². The van der Waals surface area contributed by atoms with E-state index < -0.39 is 5.60 Å². The maximum Gasteiger partial charge on any atom is 0.410 e. The number of carbonyl (C=O) groups is 2. The zero-order chi connectivity index (χ0) is 16.3. The van der Waals surface area contributed by atoms with Gasteiger partial charge < -0.3 is 9.47 Å². The molecule has 1 heterocycles. The molecule has 1 aliphatic heterocycles. The van der Waals surface area contributed by atoms with Crippen LogP contribution in [0.15, 0.2) is 24.3 Å². The number of hydrogen-bond donors (Lipinski definition) is 0. The first-order chi connectivity index (χ1) is 10.3. The minimum absolute atomic E-state index is 0.0236. The van der Waals surface area contributed by atoms with Crippen molar-refractivity contribution in [3.63, 3.8) is 0 Å². The highest BCUT2D eigenvalue weighted by Gasteiger charge is 2.31. The molecule has 0 N–H and O–H groups in total. The van der Waals surface area contributed by atoms with E-state index in [9.17, 15) is 9.59 Å². The molecule has 1 amide bonds. The van der Waals surface area contributed by atoms with Gasteiger partial charge in [-0.05, 0) is 33.3 Å². The summed E-state index contributed by atoms with van der Waals surface area (Å²) in [4.78, 5) is 25.4. The molecule has 1 aromatic carbocycles. The second kappa shape index (κ2) is 6.48. The van der Waals surface area contributed by atoms with Crippen LogP contribution in [-0.4, -0.2) is 42.1 Å². The van der Waals surface area contributed by atoms with Crippen molar-refractivity contribution in [3.05, 3.63) is 35.4 Å². The van der Waals surface area contributed by atoms with Crippen molar-refractivity contribution in [1.29, 1.82) is 0 Å². The van der Waals surface area contributed by atoms with Gasteiger partial charge in [0.1, 0.15) is 5.60 Å². The van der Waals surface area contributed by atoms with Crippen molar-refractivity contribution in [2.24, 2.45) is 0 Å². The van der Waals surface area contributed by atoms with Crippen LogP contribution in [0.2, 0.25) is 0 Å². The van der Waals surface area contributed by atoms with E-state index in [1.165, 1.54) is 6.92 Å². The molecule has 22 heavy (non-hydrogen) atoms. The van der Waals surface area contributed by atoms with E-state index in [4.69, 9.17) is 9.47 Å². The first kappa shape index (κ1) is 16.5. The second-order valence-corrected chi connectivity index (χ2v) is 6.44. The normalized spacial score (nSPS) is 18.9. The number of hydrogen-bond acceptors (Lipinski definition) is 4. The first-order valence-electron chi connectivity index (χ1n) is 7.46. The van der Waals surface area contributed by atoms with Gasteiger partial charge in [0, 0.05) is 12.1 Å². The van der Waals surface area contributed by atoms with Crippen LogP contribution in [0.1, 0.15) is 49.7 Å². The summed E-state index contributed by atoms with van der Waals surface area (Å²) in [5, 5.41) is 0. The number of ether oxygens (including phenoxy) is 2. The molecule has 2 rings (SSSR count). The Kier molecular flexibility index (Phi) is 4.86. The molecule has 0 unspecified atom stereocenters. The van der Waals surface area contributed by atoms with E-state index in [0.717, 1.165) is 5.56 Å². The minimum atomic E-state index is -0.529. The van der Waals surface area contributed by atoms with Crippen molar-refractivity contribution in [1.82, 2.24) is 4.90 Å². The molecule has 0 radical (unpaired) electrons. The van der Waals surface area contributed by atoms with Crippen LogP contribution in [0.4, 0.5) is 4.79 Å². The van der Waals surface area contributed by atoms with Crippen molar-refractivity contribution in [2.45, 2.75) is 39.3 Å². The quantitative estimate of drug-likeness (QED) is 0.787. The van der Waals surface area contributed by atoms with E-state index in [-0.39, 0.29) is 17.9 Å². The van der Waals surface area contributed by atoms with Gasteiger partial charge in [-0.25, -0.2) is 4.79 Å². The van der Waals surface area contributed by atoms with Gasteiger partial charge in [-0.15, -0.1) is 0 Å². The Bertz CT molecular complexity index is 545. The number of morpholine rings is 1. The van der Waals surface area contributed by atoms with Gasteiger partial charge in [-0.2, -0.15) is 0 Å². The molecule has 5 heteroatoms. The maximum absolute atomic E-state index is 12.4. The summed E-state index contributed by atoms with van der Waals surface area (Å²) in [6.07, 6.45) is -0.337. The molecule has 0 aliphatic carbocycles. The third kappa shape index (κ3) is 4.07. The Hall–Kier alpha value is -1.88. The summed E-state index contributed by atoms with van der Waals surface area (Å²) < 4.78 is 11.0. The molecular weight excluding hydrogens is 282 g/mol. The molecule has 5 nitrogen and oxygen atoms in total. The zero-order valence-corrected chi connectivity index (χ0v) is 13.6. The van der Waals surface area contributed by atoms with Crippen LogP contribution in [0.25, 0.3) is 0 Å². The van der Waals surface area contributed by atoms with Gasteiger partial charge in [0.25, 0.3) is 0 Å². The van der Waals surface area contributed by atoms with E-state index >= 15 is 0 Å². The van der Waals surface area contributed by atoms with E-state index in [1.54, 1.807) is 17.0 Å². The molecule has 0 saturated carbocycles. The summed E-state index contributed by atoms with van der Waals surface area (Å²) in [5.41, 5.74) is 1.07. The number of rotatable bonds is 2. The van der Waals surface area contributed by atoms with Crippen LogP contribution in [-0.2, 0) is 9.47 Å². The Morgan fingerprint density at radius 2 is 1.86 bits per heavy atom. The lowest BCUT2D eigenvalue weighted by molar-refractivity contribution is -0.0331. The second-order valence-electron chi connectivity index (χ2n) is 6.44. The first-order valence-corrected chi connectivity index (χ1v) is 7.46. The molecule has 1 fully saturated rings. The van der Waals surface area contributed by atoms with Crippen molar-refractivity contribution >= 4 is 11.9 Å². The minimum Gasteiger partial charge on any atom is -0.444 e. The van der Waals surface area contributed by atoms with Crippen LogP contribution < -0.4 is 0 Å². The Labute approximate surface area is 131 Å². The van der Waals surface area contributed by atoms with Crippen LogP contribution >= 0.6 is 0 Å². The van der Waals surface area contributed by atoms with E-state index in [2.05, 4.69) is 0 Å². The number of benzene rings is 1. The fraction of sp³-hybridized carbons (Fsp3) is 0.529. The molecule has 1 aromatic rings. The average Bonchev–Trinajstić information content (AvgIpc) is 2.45. The van der Waals surface area contributed by atoms with Crippen LogP contribution in [0.3, 0.4) is 0 Å². The molecule has 1 saturated heterocycles. The van der Waals surface area contributed by atoms with Gasteiger partial charge in [0.15, 0.2) is 5.78 Å². The standard InChI is InChI=1S/C17H23NO4/c1-12(19)13-5-7-14(8-6-13)15-11-21-10-9-18(15)16(20)22-17(2,3)4/h5-8,15H,9-11H2,1-4H3/t15-/m1/s1. The van der Waals surface area contributed by atoms with Crippen LogP contribution in [0, 0.1) is 0 Å². The summed E-state index contributed by atoms with van der Waals surface area (Å²) in [6, 6.07) is 7.10. The Morgan fingerprint density at radius 1 is 1.23 bits per heavy atom.